The minimum Gasteiger partial charge on any atom is -0.383 e. The Bertz CT molecular complexity index is 296. The summed E-state index contributed by atoms with van der Waals surface area (Å²) in [6.45, 7) is 4.64. The zero-order chi connectivity index (χ0) is 10.4. The molecule has 1 amide bonds. The molecule has 0 aliphatic heterocycles. The van der Waals surface area contributed by atoms with Gasteiger partial charge in [-0.2, -0.15) is 0 Å². The van der Waals surface area contributed by atoms with Crippen LogP contribution in [0.4, 0.5) is 10.7 Å². The Balaban J connectivity index is 2.49. The van der Waals surface area contributed by atoms with Crippen molar-refractivity contribution in [1.29, 1.82) is 0 Å². The molecule has 0 aliphatic carbocycles. The Hall–Kier alpha value is -1.03. The van der Waals surface area contributed by atoms with Crippen LogP contribution in [-0.4, -0.2) is 12.5 Å². The maximum Gasteiger partial charge on any atom is 0.221 e. The van der Waals surface area contributed by atoms with Crippen molar-refractivity contribution < 1.29 is 4.79 Å². The van der Waals surface area contributed by atoms with E-state index >= 15 is 0 Å². The van der Waals surface area contributed by atoms with Gasteiger partial charge >= 0.3 is 0 Å². The third-order valence-corrected chi connectivity index (χ3v) is 2.63. The zero-order valence-corrected chi connectivity index (χ0v) is 9.41. The molecule has 1 heterocycles. The lowest BCUT2D eigenvalue weighted by Gasteiger charge is -2.06. The van der Waals surface area contributed by atoms with E-state index in [0.717, 1.165) is 23.7 Å². The first kappa shape index (κ1) is 11.0. The highest BCUT2D eigenvalue weighted by molar-refractivity contribution is 7.15. The van der Waals surface area contributed by atoms with Crippen LogP contribution in [0, 0.1) is 0 Å². The van der Waals surface area contributed by atoms with E-state index in [1.807, 2.05) is 11.4 Å². The van der Waals surface area contributed by atoms with E-state index in [4.69, 9.17) is 0 Å². The van der Waals surface area contributed by atoms with E-state index in [1.165, 1.54) is 13.3 Å². The largest absolute Gasteiger partial charge is 0.383 e. The quantitative estimate of drug-likeness (QED) is 0.737. The molecule has 0 spiro atoms. The van der Waals surface area contributed by atoms with E-state index in [9.17, 15) is 4.79 Å². The summed E-state index contributed by atoms with van der Waals surface area (Å²) in [5.41, 5.74) is 1.03. The van der Waals surface area contributed by atoms with Crippen LogP contribution in [0.15, 0.2) is 11.4 Å². The number of carbonyl (C=O) groups is 1. The van der Waals surface area contributed by atoms with Crippen molar-refractivity contribution in [3.8, 4) is 0 Å². The van der Waals surface area contributed by atoms with Crippen molar-refractivity contribution in [3.05, 3.63) is 11.4 Å². The third kappa shape index (κ3) is 3.38. The Morgan fingerprint density at radius 3 is 3.00 bits per heavy atom. The summed E-state index contributed by atoms with van der Waals surface area (Å²) in [5.74, 6) is -0.0222. The summed E-state index contributed by atoms with van der Waals surface area (Å²) in [4.78, 5) is 10.9. The molecule has 0 aromatic carbocycles. The second kappa shape index (κ2) is 5.65. The first-order valence-corrected chi connectivity index (χ1v) is 5.71. The summed E-state index contributed by atoms with van der Waals surface area (Å²) in [6, 6.07) is 1.99. The second-order valence-electron chi connectivity index (χ2n) is 3.12. The molecule has 0 radical (unpaired) electrons. The molecule has 0 saturated carbocycles. The van der Waals surface area contributed by atoms with Crippen molar-refractivity contribution in [1.82, 2.24) is 0 Å². The van der Waals surface area contributed by atoms with E-state index in [2.05, 4.69) is 17.6 Å². The lowest BCUT2D eigenvalue weighted by atomic mass is 10.3. The molecule has 1 aromatic rings. The fourth-order valence-electron chi connectivity index (χ4n) is 1.10. The Kier molecular flexibility index (Phi) is 4.46. The minimum absolute atomic E-state index is 0.0222. The molecule has 3 nitrogen and oxygen atoms in total. The van der Waals surface area contributed by atoms with Gasteiger partial charge in [-0.25, -0.2) is 0 Å². The average Bonchev–Trinajstić information content (AvgIpc) is 2.52. The molecular formula is C10H16N2OS. The third-order valence-electron chi connectivity index (χ3n) is 1.80. The molecule has 0 aliphatic rings. The van der Waals surface area contributed by atoms with Crippen molar-refractivity contribution in [2.45, 2.75) is 26.7 Å². The smallest absolute Gasteiger partial charge is 0.221 e. The van der Waals surface area contributed by atoms with Gasteiger partial charge in [-0.1, -0.05) is 13.3 Å². The number of hydrogen-bond donors (Lipinski definition) is 2. The standard InChI is InChI=1S/C10H16N2OS/c1-3-4-6-11-9-5-7-14-10(9)12-8(2)13/h5,7,11H,3-4,6H2,1-2H3,(H,12,13). The number of carbonyl (C=O) groups excluding carboxylic acids is 1. The van der Waals surface area contributed by atoms with Gasteiger partial charge in [0, 0.05) is 13.5 Å². The van der Waals surface area contributed by atoms with Crippen LogP contribution in [0.2, 0.25) is 0 Å². The fourth-order valence-corrected chi connectivity index (χ4v) is 1.92. The van der Waals surface area contributed by atoms with Gasteiger partial charge in [0.05, 0.1) is 5.69 Å². The van der Waals surface area contributed by atoms with Crippen LogP contribution in [0.1, 0.15) is 26.7 Å². The van der Waals surface area contributed by atoms with Crippen LogP contribution < -0.4 is 10.6 Å². The topological polar surface area (TPSA) is 41.1 Å². The fraction of sp³-hybridized carbons (Fsp3) is 0.500. The highest BCUT2D eigenvalue weighted by Crippen LogP contribution is 2.28. The first-order chi connectivity index (χ1) is 6.74. The van der Waals surface area contributed by atoms with Crippen molar-refractivity contribution in [2.24, 2.45) is 0 Å². The molecule has 1 aromatic heterocycles. The molecule has 0 fully saturated rings. The highest BCUT2D eigenvalue weighted by atomic mass is 32.1. The number of rotatable bonds is 5. The number of nitrogens with one attached hydrogen (secondary N) is 2. The van der Waals surface area contributed by atoms with E-state index in [-0.39, 0.29) is 5.91 Å². The molecule has 1 rings (SSSR count). The predicted molar refractivity (Wildman–Crippen MR) is 62.0 cm³/mol. The summed E-state index contributed by atoms with van der Waals surface area (Å²) in [6.07, 6.45) is 2.32. The maximum atomic E-state index is 10.9. The summed E-state index contributed by atoms with van der Waals surface area (Å²) >= 11 is 1.54. The first-order valence-electron chi connectivity index (χ1n) is 4.83. The predicted octanol–water partition coefficient (Wildman–Crippen LogP) is 2.92. The lowest BCUT2D eigenvalue weighted by Crippen LogP contribution is -2.07. The number of amides is 1. The Morgan fingerprint density at radius 2 is 2.36 bits per heavy atom. The van der Waals surface area contributed by atoms with Gasteiger partial charge in [0.15, 0.2) is 0 Å². The monoisotopic (exact) mass is 212 g/mol. The number of unbranched alkanes of at least 4 members (excludes halogenated alkanes) is 1. The van der Waals surface area contributed by atoms with Gasteiger partial charge in [-0.3, -0.25) is 4.79 Å². The van der Waals surface area contributed by atoms with Gasteiger partial charge in [-0.05, 0) is 17.9 Å². The average molecular weight is 212 g/mol. The molecule has 14 heavy (non-hydrogen) atoms. The van der Waals surface area contributed by atoms with Crippen molar-refractivity contribution in [3.63, 3.8) is 0 Å². The van der Waals surface area contributed by atoms with Crippen LogP contribution in [0.5, 0.6) is 0 Å². The second-order valence-corrected chi connectivity index (χ2v) is 4.04. The number of hydrogen-bond acceptors (Lipinski definition) is 3. The molecule has 0 bridgehead atoms. The maximum absolute atomic E-state index is 10.9. The van der Waals surface area contributed by atoms with Gasteiger partial charge in [0.1, 0.15) is 5.00 Å². The Labute approximate surface area is 88.5 Å². The van der Waals surface area contributed by atoms with Gasteiger partial charge in [-0.15, -0.1) is 11.3 Å². The normalized spacial score (nSPS) is 9.86. The van der Waals surface area contributed by atoms with Crippen molar-refractivity contribution >= 4 is 27.9 Å². The summed E-state index contributed by atoms with van der Waals surface area (Å²) in [5, 5.41) is 8.98. The molecule has 78 valence electrons. The molecule has 2 N–H and O–H groups in total. The van der Waals surface area contributed by atoms with Gasteiger partial charge < -0.3 is 10.6 Å². The van der Waals surface area contributed by atoms with Crippen molar-refractivity contribution in [2.75, 3.05) is 17.2 Å². The number of anilines is 2. The van der Waals surface area contributed by atoms with Crippen LogP contribution in [-0.2, 0) is 4.79 Å². The SMILES string of the molecule is CCCCNc1ccsc1NC(C)=O. The summed E-state index contributed by atoms with van der Waals surface area (Å²) < 4.78 is 0. The van der Waals surface area contributed by atoms with E-state index in [1.54, 1.807) is 11.3 Å². The number of thiophene rings is 1. The lowest BCUT2D eigenvalue weighted by molar-refractivity contribution is -0.114. The Morgan fingerprint density at radius 1 is 1.57 bits per heavy atom. The molecule has 0 atom stereocenters. The minimum atomic E-state index is -0.0222. The zero-order valence-electron chi connectivity index (χ0n) is 8.59. The highest BCUT2D eigenvalue weighted by Gasteiger charge is 2.03. The molecule has 0 saturated heterocycles. The van der Waals surface area contributed by atoms with E-state index < -0.39 is 0 Å². The van der Waals surface area contributed by atoms with Gasteiger partial charge in [0.2, 0.25) is 5.91 Å². The molecule has 0 unspecified atom stereocenters. The summed E-state index contributed by atoms with van der Waals surface area (Å²) in [7, 11) is 0. The molecular weight excluding hydrogens is 196 g/mol. The van der Waals surface area contributed by atoms with E-state index in [0.29, 0.717) is 0 Å². The van der Waals surface area contributed by atoms with Crippen LogP contribution >= 0.6 is 11.3 Å². The van der Waals surface area contributed by atoms with Gasteiger partial charge in [0.25, 0.3) is 0 Å². The molecule has 4 heteroatoms. The van der Waals surface area contributed by atoms with Crippen LogP contribution in [0.25, 0.3) is 0 Å². The van der Waals surface area contributed by atoms with Crippen LogP contribution in [0.3, 0.4) is 0 Å².